The average molecular weight is 207 g/mol. The number of hydrogen-bond acceptors (Lipinski definition) is 5. The summed E-state index contributed by atoms with van der Waals surface area (Å²) in [7, 11) is 0. The molecule has 3 N–H and O–H groups in total. The van der Waals surface area contributed by atoms with Crippen molar-refractivity contribution in [3.8, 4) is 0 Å². The van der Waals surface area contributed by atoms with Gasteiger partial charge in [0, 0.05) is 0 Å². The topological polar surface area (TPSA) is 82.3 Å². The van der Waals surface area contributed by atoms with Crippen LogP contribution in [-0.4, -0.2) is 46.6 Å². The molecule has 0 rings (SSSR count). The van der Waals surface area contributed by atoms with Gasteiger partial charge in [0.15, 0.2) is 0 Å². The summed E-state index contributed by atoms with van der Waals surface area (Å²) in [4.78, 5) is 0. The number of aliphatic hydroxyl groups is 2. The van der Waals surface area contributed by atoms with E-state index in [2.05, 4.69) is 5.16 Å². The van der Waals surface area contributed by atoms with E-state index in [4.69, 9.17) is 20.2 Å². The van der Waals surface area contributed by atoms with E-state index in [1.807, 2.05) is 0 Å². The maximum atomic E-state index is 8.66. The van der Waals surface area contributed by atoms with Gasteiger partial charge in [-0.05, 0) is 27.7 Å². The van der Waals surface area contributed by atoms with E-state index in [0.29, 0.717) is 18.9 Å². The van der Waals surface area contributed by atoms with Crippen LogP contribution in [0.3, 0.4) is 0 Å². The Hall–Kier alpha value is -0.650. The Morgan fingerprint density at radius 2 is 1.43 bits per heavy atom. The largest absolute Gasteiger partial charge is 0.411 e. The molecule has 86 valence electrons. The third kappa shape index (κ3) is 22.5. The van der Waals surface area contributed by atoms with Crippen LogP contribution < -0.4 is 0 Å². The van der Waals surface area contributed by atoms with Gasteiger partial charge in [-0.3, -0.25) is 0 Å². The molecule has 0 aliphatic carbocycles. The Morgan fingerprint density at radius 1 is 1.14 bits per heavy atom. The number of rotatable bonds is 4. The fraction of sp³-hybridized carbons (Fsp3) is 0.889. The second-order valence-electron chi connectivity index (χ2n) is 3.28. The van der Waals surface area contributed by atoms with E-state index in [9.17, 15) is 0 Å². The fourth-order valence-electron chi connectivity index (χ4n) is 0.409. The molecule has 0 heterocycles. The third-order valence-corrected chi connectivity index (χ3v) is 0.918. The van der Waals surface area contributed by atoms with Crippen molar-refractivity contribution in [3.05, 3.63) is 0 Å². The Balaban J connectivity index is 0. The summed E-state index contributed by atoms with van der Waals surface area (Å²) in [6.45, 7) is 7.32. The van der Waals surface area contributed by atoms with Gasteiger partial charge in [0.1, 0.15) is 0 Å². The normalized spacial score (nSPS) is 13.6. The number of ether oxygens (including phenoxy) is 1. The molecule has 0 saturated heterocycles. The summed E-state index contributed by atoms with van der Waals surface area (Å²) in [5.41, 5.74) is 0.685. The molecule has 0 saturated carbocycles. The van der Waals surface area contributed by atoms with Crippen molar-refractivity contribution in [2.45, 2.75) is 39.9 Å². The van der Waals surface area contributed by atoms with Gasteiger partial charge >= 0.3 is 0 Å². The highest BCUT2D eigenvalue weighted by Crippen LogP contribution is 1.85. The summed E-state index contributed by atoms with van der Waals surface area (Å²) < 4.78 is 4.86. The molecule has 2 unspecified atom stereocenters. The predicted molar refractivity (Wildman–Crippen MR) is 54.8 cm³/mol. The zero-order chi connectivity index (χ0) is 11.6. The van der Waals surface area contributed by atoms with E-state index < -0.39 is 12.2 Å². The molecule has 5 heteroatoms. The predicted octanol–water partition coefficient (Wildman–Crippen LogP) is 0.621. The molecule has 14 heavy (non-hydrogen) atoms. The highest BCUT2D eigenvalue weighted by atomic mass is 16.5. The van der Waals surface area contributed by atoms with Gasteiger partial charge in [-0.25, -0.2) is 0 Å². The van der Waals surface area contributed by atoms with Crippen LogP contribution in [0.4, 0.5) is 0 Å². The maximum Gasteiger partial charge on any atom is 0.0745 e. The van der Waals surface area contributed by atoms with Gasteiger partial charge < -0.3 is 20.2 Å². The van der Waals surface area contributed by atoms with Gasteiger partial charge in [0.05, 0.1) is 31.1 Å². The molecule has 2 atom stereocenters. The Bertz CT molecular complexity index is 134. The molecule has 0 aromatic rings. The first-order valence-electron chi connectivity index (χ1n) is 4.49. The molecular formula is C9H21NO4. The second kappa shape index (κ2) is 10.4. The summed E-state index contributed by atoms with van der Waals surface area (Å²) >= 11 is 0. The Kier molecular flexibility index (Phi) is 11.8. The van der Waals surface area contributed by atoms with Crippen LogP contribution in [0.25, 0.3) is 0 Å². The molecule has 0 spiro atoms. The van der Waals surface area contributed by atoms with E-state index in [1.54, 1.807) is 27.7 Å². The quantitative estimate of drug-likeness (QED) is 0.358. The lowest BCUT2D eigenvalue weighted by molar-refractivity contribution is 0.00392. The number of nitrogens with zero attached hydrogens (tertiary/aromatic N) is 1. The van der Waals surface area contributed by atoms with Crippen LogP contribution in [0.5, 0.6) is 0 Å². The van der Waals surface area contributed by atoms with Gasteiger partial charge in [-0.15, -0.1) is 0 Å². The molecular weight excluding hydrogens is 186 g/mol. The van der Waals surface area contributed by atoms with Crippen molar-refractivity contribution in [1.82, 2.24) is 0 Å². The zero-order valence-electron chi connectivity index (χ0n) is 9.27. The monoisotopic (exact) mass is 207 g/mol. The van der Waals surface area contributed by atoms with Crippen LogP contribution in [-0.2, 0) is 4.74 Å². The first-order chi connectivity index (χ1) is 6.40. The molecule has 0 aliphatic heterocycles. The summed E-state index contributed by atoms with van der Waals surface area (Å²) in [5.74, 6) is 0. The zero-order valence-corrected chi connectivity index (χ0v) is 9.27. The van der Waals surface area contributed by atoms with Crippen molar-refractivity contribution in [3.63, 3.8) is 0 Å². The molecule has 0 amide bonds. The van der Waals surface area contributed by atoms with E-state index in [0.717, 1.165) is 0 Å². The Morgan fingerprint density at radius 3 is 1.57 bits per heavy atom. The highest BCUT2D eigenvalue weighted by molar-refractivity contribution is 5.78. The van der Waals surface area contributed by atoms with Gasteiger partial charge in [-0.2, -0.15) is 0 Å². The van der Waals surface area contributed by atoms with Gasteiger partial charge in [-0.1, -0.05) is 5.16 Å². The lowest BCUT2D eigenvalue weighted by atomic mass is 10.4. The van der Waals surface area contributed by atoms with Crippen molar-refractivity contribution >= 4 is 5.71 Å². The van der Waals surface area contributed by atoms with E-state index in [1.165, 1.54) is 0 Å². The molecule has 0 radical (unpaired) electrons. The summed E-state index contributed by atoms with van der Waals surface area (Å²) in [5, 5.41) is 27.9. The van der Waals surface area contributed by atoms with E-state index >= 15 is 0 Å². The van der Waals surface area contributed by atoms with Crippen LogP contribution in [0.2, 0.25) is 0 Å². The lowest BCUT2D eigenvalue weighted by Gasteiger charge is -2.06. The number of hydrogen-bond donors (Lipinski definition) is 3. The van der Waals surface area contributed by atoms with Crippen molar-refractivity contribution < 1.29 is 20.2 Å². The summed E-state index contributed by atoms with van der Waals surface area (Å²) in [6.07, 6.45) is -0.882. The van der Waals surface area contributed by atoms with Crippen molar-refractivity contribution in [2.75, 3.05) is 13.2 Å². The second-order valence-corrected chi connectivity index (χ2v) is 3.28. The van der Waals surface area contributed by atoms with E-state index in [-0.39, 0.29) is 0 Å². The molecule has 0 fully saturated rings. The molecule has 0 bridgehead atoms. The summed E-state index contributed by atoms with van der Waals surface area (Å²) in [6, 6.07) is 0. The van der Waals surface area contributed by atoms with Gasteiger partial charge in [0.25, 0.3) is 0 Å². The first-order valence-corrected chi connectivity index (χ1v) is 4.49. The SMILES string of the molecule is CC(C)=NO.CC(O)COCC(C)O. The van der Waals surface area contributed by atoms with Crippen LogP contribution >= 0.6 is 0 Å². The fourth-order valence-corrected chi connectivity index (χ4v) is 0.409. The minimum absolute atomic E-state index is 0.297. The minimum atomic E-state index is -0.441. The molecule has 5 nitrogen and oxygen atoms in total. The minimum Gasteiger partial charge on any atom is -0.411 e. The average Bonchev–Trinajstić information content (AvgIpc) is 2.04. The van der Waals surface area contributed by atoms with Crippen LogP contribution in [0, 0.1) is 0 Å². The maximum absolute atomic E-state index is 8.66. The lowest BCUT2D eigenvalue weighted by Crippen LogP contribution is -2.16. The van der Waals surface area contributed by atoms with Crippen molar-refractivity contribution in [2.24, 2.45) is 5.16 Å². The third-order valence-electron chi connectivity index (χ3n) is 0.918. The highest BCUT2D eigenvalue weighted by Gasteiger charge is 1.97. The van der Waals surface area contributed by atoms with Crippen LogP contribution in [0.15, 0.2) is 5.16 Å². The Labute approximate surface area is 85.0 Å². The number of aliphatic hydroxyl groups excluding tert-OH is 2. The smallest absolute Gasteiger partial charge is 0.0745 e. The molecule has 0 aromatic carbocycles. The molecule has 0 aliphatic rings. The number of oxime groups is 1. The van der Waals surface area contributed by atoms with Crippen molar-refractivity contribution in [1.29, 1.82) is 0 Å². The first kappa shape index (κ1) is 15.8. The molecule has 0 aromatic heterocycles. The van der Waals surface area contributed by atoms with Crippen LogP contribution in [0.1, 0.15) is 27.7 Å². The standard InChI is InChI=1S/C6H14O3.C3H7NO/c1-5(7)3-9-4-6(2)8;1-3(2)4-5/h5-8H,3-4H2,1-2H3;5H,1-2H3. The van der Waals surface area contributed by atoms with Gasteiger partial charge in [0.2, 0.25) is 0 Å².